The van der Waals surface area contributed by atoms with E-state index in [4.69, 9.17) is 0 Å². The molecule has 0 amide bonds. The van der Waals surface area contributed by atoms with Gasteiger partial charge >= 0.3 is 6.18 Å². The molecule has 1 aromatic carbocycles. The maximum atomic E-state index is 13.3. The third-order valence-electron chi connectivity index (χ3n) is 3.25. The van der Waals surface area contributed by atoms with Gasteiger partial charge in [0.1, 0.15) is 12.4 Å². The van der Waals surface area contributed by atoms with E-state index in [2.05, 4.69) is 5.32 Å². The third-order valence-corrected chi connectivity index (χ3v) is 3.25. The van der Waals surface area contributed by atoms with E-state index in [9.17, 15) is 17.6 Å². The second-order valence-electron chi connectivity index (χ2n) is 5.03. The smallest absolute Gasteiger partial charge is 0.359 e. The Bertz CT molecular complexity index is 455. The van der Waals surface area contributed by atoms with Gasteiger partial charge in [0, 0.05) is 18.3 Å². The number of nitrogens with one attached hydrogen (secondary N) is 1. The third kappa shape index (κ3) is 4.10. The van der Waals surface area contributed by atoms with Crippen LogP contribution >= 0.6 is 0 Å². The molecule has 0 radical (unpaired) electrons. The molecule has 0 aliphatic heterocycles. The number of alkyl halides is 3. The number of hydrogen-bond acceptors (Lipinski definition) is 2. The van der Waals surface area contributed by atoms with Crippen molar-refractivity contribution in [3.05, 3.63) is 29.6 Å². The molecule has 1 N–H and O–H groups in total. The lowest BCUT2D eigenvalue weighted by Gasteiger charge is -2.28. The van der Waals surface area contributed by atoms with Crippen LogP contribution < -0.4 is 10.2 Å². The molecule has 20 heavy (non-hydrogen) atoms. The van der Waals surface area contributed by atoms with Gasteiger partial charge in [0.15, 0.2) is 0 Å². The molecule has 2 rings (SSSR count). The Balaban J connectivity index is 2.27. The number of hydrogen-bond donors (Lipinski definition) is 1. The second-order valence-corrected chi connectivity index (χ2v) is 5.03. The van der Waals surface area contributed by atoms with E-state index in [0.29, 0.717) is 24.3 Å². The minimum atomic E-state index is -4.26. The molecule has 1 aliphatic rings. The Hall–Kier alpha value is -1.30. The van der Waals surface area contributed by atoms with Crippen LogP contribution in [0.4, 0.5) is 23.2 Å². The summed E-state index contributed by atoms with van der Waals surface area (Å²) in [4.78, 5) is 1.35. The number of benzene rings is 1. The zero-order valence-electron chi connectivity index (χ0n) is 11.3. The van der Waals surface area contributed by atoms with Gasteiger partial charge in [-0.1, -0.05) is 6.92 Å². The first-order valence-electron chi connectivity index (χ1n) is 6.73. The zero-order valence-corrected chi connectivity index (χ0v) is 11.3. The van der Waals surface area contributed by atoms with Crippen LogP contribution in [0.1, 0.15) is 25.3 Å². The number of halogens is 4. The van der Waals surface area contributed by atoms with E-state index < -0.39 is 18.5 Å². The van der Waals surface area contributed by atoms with E-state index in [1.54, 1.807) is 0 Å². The average Bonchev–Trinajstić information content (AvgIpc) is 3.17. The van der Waals surface area contributed by atoms with E-state index in [0.717, 1.165) is 12.8 Å². The first-order valence-corrected chi connectivity index (χ1v) is 6.73. The van der Waals surface area contributed by atoms with E-state index in [1.165, 1.54) is 23.1 Å². The van der Waals surface area contributed by atoms with Crippen LogP contribution in [0, 0.1) is 5.82 Å². The number of anilines is 1. The molecule has 1 aliphatic carbocycles. The standard InChI is InChI=1S/C14H18F4N2/c1-2-19-8-10-7-11(15)3-6-13(10)20(12-4-5-12)9-14(16,17)18/h3,6-7,12,19H,2,4-5,8-9H2,1H3. The lowest BCUT2D eigenvalue weighted by Crippen LogP contribution is -2.37. The molecule has 112 valence electrons. The van der Waals surface area contributed by atoms with E-state index >= 15 is 0 Å². The van der Waals surface area contributed by atoms with Crippen LogP contribution in [0.15, 0.2) is 18.2 Å². The van der Waals surface area contributed by atoms with Gasteiger partial charge in [-0.3, -0.25) is 0 Å². The van der Waals surface area contributed by atoms with E-state index in [-0.39, 0.29) is 6.04 Å². The maximum Gasteiger partial charge on any atom is 0.405 e. The number of rotatable bonds is 6. The van der Waals surface area contributed by atoms with Gasteiger partial charge < -0.3 is 10.2 Å². The summed E-state index contributed by atoms with van der Waals surface area (Å²) in [6, 6.07) is 3.90. The monoisotopic (exact) mass is 290 g/mol. The molecule has 0 unspecified atom stereocenters. The summed E-state index contributed by atoms with van der Waals surface area (Å²) in [5.74, 6) is -0.426. The summed E-state index contributed by atoms with van der Waals surface area (Å²) < 4.78 is 51.5. The Morgan fingerprint density at radius 2 is 2.00 bits per heavy atom. The van der Waals surface area contributed by atoms with Crippen molar-refractivity contribution in [2.75, 3.05) is 18.0 Å². The molecule has 1 aromatic rings. The fourth-order valence-electron chi connectivity index (χ4n) is 2.23. The van der Waals surface area contributed by atoms with Crippen molar-refractivity contribution in [1.82, 2.24) is 5.32 Å². The summed E-state index contributed by atoms with van der Waals surface area (Å²) in [7, 11) is 0. The highest BCUT2D eigenvalue weighted by atomic mass is 19.4. The molecule has 1 saturated carbocycles. The summed E-state index contributed by atoms with van der Waals surface area (Å²) in [6.07, 6.45) is -2.74. The summed E-state index contributed by atoms with van der Waals surface area (Å²) in [5.41, 5.74) is 1.05. The van der Waals surface area contributed by atoms with Crippen molar-refractivity contribution in [2.24, 2.45) is 0 Å². The van der Waals surface area contributed by atoms with Gasteiger partial charge in [0.05, 0.1) is 0 Å². The van der Waals surface area contributed by atoms with Crippen molar-refractivity contribution < 1.29 is 17.6 Å². The fourth-order valence-corrected chi connectivity index (χ4v) is 2.23. The highest BCUT2D eigenvalue weighted by Crippen LogP contribution is 2.36. The Labute approximate surface area is 115 Å². The summed E-state index contributed by atoms with van der Waals surface area (Å²) in [5, 5.41) is 3.03. The van der Waals surface area contributed by atoms with Gasteiger partial charge in [-0.15, -0.1) is 0 Å². The van der Waals surface area contributed by atoms with E-state index in [1.807, 2.05) is 6.92 Å². The Morgan fingerprint density at radius 3 is 2.55 bits per heavy atom. The lowest BCUT2D eigenvalue weighted by atomic mass is 10.1. The molecule has 0 spiro atoms. The Kier molecular flexibility index (Phi) is 4.52. The molecule has 0 bridgehead atoms. The number of nitrogens with zero attached hydrogens (tertiary/aromatic N) is 1. The van der Waals surface area contributed by atoms with Crippen LogP contribution in [0.2, 0.25) is 0 Å². The predicted octanol–water partition coefficient (Wildman–Crippen LogP) is 3.47. The molecule has 0 saturated heterocycles. The molecule has 1 fully saturated rings. The first-order chi connectivity index (χ1) is 9.40. The SMILES string of the molecule is CCNCc1cc(F)ccc1N(CC(F)(F)F)C1CC1. The van der Waals surface area contributed by atoms with Gasteiger partial charge in [-0.05, 0) is 43.1 Å². The van der Waals surface area contributed by atoms with Crippen molar-refractivity contribution in [3.63, 3.8) is 0 Å². The van der Waals surface area contributed by atoms with Gasteiger partial charge in [0.25, 0.3) is 0 Å². The fraction of sp³-hybridized carbons (Fsp3) is 0.571. The highest BCUT2D eigenvalue weighted by molar-refractivity contribution is 5.55. The Morgan fingerprint density at radius 1 is 1.30 bits per heavy atom. The van der Waals surface area contributed by atoms with Gasteiger partial charge in [-0.2, -0.15) is 13.2 Å². The zero-order chi connectivity index (χ0) is 14.8. The van der Waals surface area contributed by atoms with Crippen LogP contribution in [0.5, 0.6) is 0 Å². The van der Waals surface area contributed by atoms with Crippen molar-refractivity contribution >= 4 is 5.69 Å². The molecule has 0 heterocycles. The second kappa shape index (κ2) is 5.99. The van der Waals surface area contributed by atoms with Crippen molar-refractivity contribution in [2.45, 2.75) is 38.5 Å². The average molecular weight is 290 g/mol. The molecule has 2 nitrogen and oxygen atoms in total. The first kappa shape index (κ1) is 15.1. The van der Waals surface area contributed by atoms with Gasteiger partial charge in [0.2, 0.25) is 0 Å². The van der Waals surface area contributed by atoms with Gasteiger partial charge in [-0.25, -0.2) is 4.39 Å². The maximum absolute atomic E-state index is 13.3. The molecular formula is C14H18F4N2. The molecule has 0 atom stereocenters. The highest BCUT2D eigenvalue weighted by Gasteiger charge is 2.38. The quantitative estimate of drug-likeness (QED) is 0.807. The van der Waals surface area contributed by atoms with Crippen LogP contribution in [0.25, 0.3) is 0 Å². The predicted molar refractivity (Wildman–Crippen MR) is 70.2 cm³/mol. The largest absolute Gasteiger partial charge is 0.405 e. The molecular weight excluding hydrogens is 272 g/mol. The lowest BCUT2D eigenvalue weighted by molar-refractivity contribution is -0.120. The van der Waals surface area contributed by atoms with Crippen LogP contribution in [-0.4, -0.2) is 25.3 Å². The summed E-state index contributed by atoms with van der Waals surface area (Å²) >= 11 is 0. The van der Waals surface area contributed by atoms with Crippen LogP contribution in [-0.2, 0) is 6.54 Å². The minimum absolute atomic E-state index is 0.0811. The topological polar surface area (TPSA) is 15.3 Å². The molecule has 6 heteroatoms. The normalized spacial score (nSPS) is 15.4. The summed E-state index contributed by atoms with van der Waals surface area (Å²) in [6.45, 7) is 1.96. The molecule has 0 aromatic heterocycles. The van der Waals surface area contributed by atoms with Crippen LogP contribution in [0.3, 0.4) is 0 Å². The minimum Gasteiger partial charge on any atom is -0.359 e. The van der Waals surface area contributed by atoms with Crippen molar-refractivity contribution in [1.29, 1.82) is 0 Å². The van der Waals surface area contributed by atoms with Crippen molar-refractivity contribution in [3.8, 4) is 0 Å².